The fourth-order valence-electron chi connectivity index (χ4n) is 1.95. The molecule has 0 saturated carbocycles. The molecule has 1 heterocycles. The molecule has 1 aliphatic rings. The van der Waals surface area contributed by atoms with Gasteiger partial charge in [-0.25, -0.2) is 0 Å². The van der Waals surface area contributed by atoms with Crippen LogP contribution in [0.4, 0.5) is 5.69 Å². The average molecular weight is 196 g/mol. The number of rotatable bonds is 1. The summed E-state index contributed by atoms with van der Waals surface area (Å²) in [7, 11) is 0. The first-order valence-corrected chi connectivity index (χ1v) is 5.12. The second-order valence-corrected chi connectivity index (χ2v) is 4.18. The van der Waals surface area contributed by atoms with Crippen molar-refractivity contribution in [2.45, 2.75) is 26.3 Å². The maximum atomic E-state index is 6.11. The molecule has 1 aliphatic heterocycles. The maximum Gasteiger partial charge on any atom is 0.0459 e. The lowest BCUT2D eigenvalue weighted by atomic mass is 10.2. The molecule has 0 bridgehead atoms. The van der Waals surface area contributed by atoms with E-state index in [1.807, 2.05) is 12.1 Å². The summed E-state index contributed by atoms with van der Waals surface area (Å²) in [4.78, 5) is 2.40. The second-order valence-electron chi connectivity index (χ2n) is 3.77. The predicted molar refractivity (Wildman–Crippen MR) is 57.6 cm³/mol. The van der Waals surface area contributed by atoms with E-state index < -0.39 is 0 Å². The molecule has 1 aromatic carbocycles. The third-order valence-corrected chi connectivity index (χ3v) is 2.98. The Kier molecular flexibility index (Phi) is 2.20. The highest BCUT2D eigenvalue weighted by Crippen LogP contribution is 2.34. The van der Waals surface area contributed by atoms with Gasteiger partial charge in [-0.2, -0.15) is 0 Å². The van der Waals surface area contributed by atoms with Crippen LogP contribution in [0.25, 0.3) is 0 Å². The van der Waals surface area contributed by atoms with Gasteiger partial charge in [0.1, 0.15) is 0 Å². The van der Waals surface area contributed by atoms with Crippen molar-refractivity contribution in [3.63, 3.8) is 0 Å². The Morgan fingerprint density at radius 1 is 1.38 bits per heavy atom. The van der Waals surface area contributed by atoms with Gasteiger partial charge < -0.3 is 4.90 Å². The van der Waals surface area contributed by atoms with E-state index in [9.17, 15) is 0 Å². The number of benzene rings is 1. The highest BCUT2D eigenvalue weighted by molar-refractivity contribution is 6.31. The van der Waals surface area contributed by atoms with E-state index in [4.69, 9.17) is 11.6 Å². The Morgan fingerprint density at radius 2 is 2.15 bits per heavy atom. The quantitative estimate of drug-likeness (QED) is 0.666. The van der Waals surface area contributed by atoms with Crippen molar-refractivity contribution in [1.29, 1.82) is 0 Å². The molecule has 2 heteroatoms. The first kappa shape index (κ1) is 8.89. The molecule has 0 amide bonds. The van der Waals surface area contributed by atoms with Crippen LogP contribution in [0, 0.1) is 0 Å². The van der Waals surface area contributed by atoms with Gasteiger partial charge in [-0.05, 0) is 38.0 Å². The zero-order valence-electron chi connectivity index (χ0n) is 8.05. The lowest BCUT2D eigenvalue weighted by Crippen LogP contribution is -2.28. The largest absolute Gasteiger partial charge is 0.369 e. The smallest absolute Gasteiger partial charge is 0.0459 e. The topological polar surface area (TPSA) is 3.24 Å². The number of hydrogen-bond acceptors (Lipinski definition) is 1. The molecule has 2 rings (SSSR count). The SMILES string of the molecule is CC(C)N1CCc2c(Cl)cccc21. The molecule has 0 N–H and O–H groups in total. The molecular formula is C11H14ClN. The monoisotopic (exact) mass is 195 g/mol. The van der Waals surface area contributed by atoms with Crippen LogP contribution in [0.1, 0.15) is 19.4 Å². The van der Waals surface area contributed by atoms with Crippen molar-refractivity contribution in [3.8, 4) is 0 Å². The lowest BCUT2D eigenvalue weighted by Gasteiger charge is -2.23. The normalized spacial score (nSPS) is 15.2. The number of halogens is 1. The molecule has 0 spiro atoms. The molecule has 0 aromatic heterocycles. The molecule has 0 radical (unpaired) electrons. The molecule has 1 aromatic rings. The summed E-state index contributed by atoms with van der Waals surface area (Å²) in [6.07, 6.45) is 1.09. The first-order valence-electron chi connectivity index (χ1n) is 4.74. The summed E-state index contributed by atoms with van der Waals surface area (Å²) in [5.41, 5.74) is 2.64. The fraction of sp³-hybridized carbons (Fsp3) is 0.455. The summed E-state index contributed by atoms with van der Waals surface area (Å²) < 4.78 is 0. The van der Waals surface area contributed by atoms with Gasteiger partial charge in [0.15, 0.2) is 0 Å². The van der Waals surface area contributed by atoms with Gasteiger partial charge in [0, 0.05) is 23.3 Å². The zero-order valence-corrected chi connectivity index (χ0v) is 8.80. The van der Waals surface area contributed by atoms with Gasteiger partial charge in [0.25, 0.3) is 0 Å². The minimum absolute atomic E-state index is 0.569. The number of nitrogens with zero attached hydrogens (tertiary/aromatic N) is 1. The Labute approximate surface area is 84.3 Å². The van der Waals surface area contributed by atoms with Crippen molar-refractivity contribution < 1.29 is 0 Å². The molecule has 0 atom stereocenters. The van der Waals surface area contributed by atoms with Crippen LogP contribution in [0.5, 0.6) is 0 Å². The minimum Gasteiger partial charge on any atom is -0.369 e. The van der Waals surface area contributed by atoms with Crippen LogP contribution < -0.4 is 4.90 Å². The maximum absolute atomic E-state index is 6.11. The molecule has 0 saturated heterocycles. The molecule has 1 nitrogen and oxygen atoms in total. The highest BCUT2D eigenvalue weighted by atomic mass is 35.5. The third-order valence-electron chi connectivity index (χ3n) is 2.63. The van der Waals surface area contributed by atoms with Crippen LogP contribution in [-0.2, 0) is 6.42 Å². The number of hydrogen-bond donors (Lipinski definition) is 0. The Bertz CT molecular complexity index is 320. The van der Waals surface area contributed by atoms with Crippen molar-refractivity contribution in [3.05, 3.63) is 28.8 Å². The lowest BCUT2D eigenvalue weighted by molar-refractivity contribution is 0.710. The Hall–Kier alpha value is -0.690. The van der Waals surface area contributed by atoms with Gasteiger partial charge in [-0.3, -0.25) is 0 Å². The van der Waals surface area contributed by atoms with Gasteiger partial charge in [-0.1, -0.05) is 17.7 Å². The summed E-state index contributed by atoms with van der Waals surface area (Å²) in [6, 6.07) is 6.74. The second kappa shape index (κ2) is 3.22. The third kappa shape index (κ3) is 1.42. The number of anilines is 1. The van der Waals surface area contributed by atoms with Crippen LogP contribution >= 0.6 is 11.6 Å². The number of fused-ring (bicyclic) bond motifs is 1. The van der Waals surface area contributed by atoms with Gasteiger partial charge in [0.2, 0.25) is 0 Å². The minimum atomic E-state index is 0.569. The van der Waals surface area contributed by atoms with Crippen molar-refractivity contribution in [1.82, 2.24) is 0 Å². The molecular weight excluding hydrogens is 182 g/mol. The molecule has 0 aliphatic carbocycles. The Balaban J connectivity index is 2.43. The summed E-state index contributed by atoms with van der Waals surface area (Å²) >= 11 is 6.11. The summed E-state index contributed by atoms with van der Waals surface area (Å²) in [5, 5.41) is 0.917. The first-order chi connectivity index (χ1) is 6.20. The Morgan fingerprint density at radius 3 is 2.85 bits per heavy atom. The average Bonchev–Trinajstić information content (AvgIpc) is 2.48. The van der Waals surface area contributed by atoms with Crippen molar-refractivity contribution >= 4 is 17.3 Å². The van der Waals surface area contributed by atoms with E-state index in [1.165, 1.54) is 11.3 Å². The van der Waals surface area contributed by atoms with Crippen molar-refractivity contribution in [2.75, 3.05) is 11.4 Å². The van der Waals surface area contributed by atoms with Crippen LogP contribution in [0.15, 0.2) is 18.2 Å². The van der Waals surface area contributed by atoms with Crippen LogP contribution in [0.3, 0.4) is 0 Å². The van der Waals surface area contributed by atoms with E-state index in [1.54, 1.807) is 0 Å². The van der Waals surface area contributed by atoms with Crippen molar-refractivity contribution in [2.24, 2.45) is 0 Å². The standard InChI is InChI=1S/C11H14ClN/c1-8(2)13-7-6-9-10(12)4-3-5-11(9)13/h3-5,8H,6-7H2,1-2H3. The van der Waals surface area contributed by atoms with Crippen LogP contribution in [0.2, 0.25) is 5.02 Å². The summed E-state index contributed by atoms with van der Waals surface area (Å²) in [5.74, 6) is 0. The van der Waals surface area contributed by atoms with E-state index >= 15 is 0 Å². The van der Waals surface area contributed by atoms with E-state index in [-0.39, 0.29) is 0 Å². The fourth-order valence-corrected chi connectivity index (χ4v) is 2.22. The highest BCUT2D eigenvalue weighted by Gasteiger charge is 2.22. The van der Waals surface area contributed by atoms with E-state index in [2.05, 4.69) is 24.8 Å². The van der Waals surface area contributed by atoms with E-state index in [0.29, 0.717) is 6.04 Å². The zero-order chi connectivity index (χ0) is 9.42. The van der Waals surface area contributed by atoms with E-state index in [0.717, 1.165) is 18.0 Å². The van der Waals surface area contributed by atoms with Gasteiger partial charge in [0.05, 0.1) is 0 Å². The van der Waals surface area contributed by atoms with Gasteiger partial charge >= 0.3 is 0 Å². The van der Waals surface area contributed by atoms with Gasteiger partial charge in [-0.15, -0.1) is 0 Å². The predicted octanol–water partition coefficient (Wildman–Crippen LogP) is 3.11. The molecule has 13 heavy (non-hydrogen) atoms. The summed E-state index contributed by atoms with van der Waals surface area (Å²) in [6.45, 7) is 5.54. The van der Waals surface area contributed by atoms with Crippen LogP contribution in [-0.4, -0.2) is 12.6 Å². The molecule has 70 valence electrons. The molecule has 0 fully saturated rings. The molecule has 0 unspecified atom stereocenters.